The van der Waals surface area contributed by atoms with Gasteiger partial charge in [0.05, 0.1) is 0 Å². The summed E-state index contributed by atoms with van der Waals surface area (Å²) in [5, 5.41) is 2.99. The molecule has 0 radical (unpaired) electrons. The van der Waals surface area contributed by atoms with Gasteiger partial charge in [-0.05, 0) is 42.2 Å². The molecule has 0 spiro atoms. The van der Waals surface area contributed by atoms with Crippen molar-refractivity contribution in [1.82, 2.24) is 10.2 Å². The molecule has 3 rings (SSSR count). The van der Waals surface area contributed by atoms with Crippen LogP contribution in [0.1, 0.15) is 55.7 Å². The predicted octanol–water partition coefficient (Wildman–Crippen LogP) is 6.30. The summed E-state index contributed by atoms with van der Waals surface area (Å²) in [7, 11) is 0. The van der Waals surface area contributed by atoms with Crippen LogP contribution >= 0.6 is 15.9 Å². The molecule has 3 aromatic carbocycles. The molecule has 178 valence electrons. The smallest absolute Gasteiger partial charge is 0.242 e. The van der Waals surface area contributed by atoms with Gasteiger partial charge < -0.3 is 10.2 Å². The van der Waals surface area contributed by atoms with Crippen LogP contribution in [0.5, 0.6) is 0 Å². The van der Waals surface area contributed by atoms with E-state index in [0.717, 1.165) is 34.0 Å². The Morgan fingerprint density at radius 1 is 0.882 bits per heavy atom. The molecule has 1 N–H and O–H groups in total. The summed E-state index contributed by atoms with van der Waals surface area (Å²) in [4.78, 5) is 28.4. The van der Waals surface area contributed by atoms with Crippen molar-refractivity contribution in [3.8, 4) is 0 Å². The zero-order valence-electron chi connectivity index (χ0n) is 19.9. The van der Waals surface area contributed by atoms with E-state index in [4.69, 9.17) is 0 Å². The third kappa shape index (κ3) is 7.29. The minimum Gasteiger partial charge on any atom is -0.354 e. The van der Waals surface area contributed by atoms with E-state index in [-0.39, 0.29) is 24.2 Å². The maximum absolute atomic E-state index is 13.8. The van der Waals surface area contributed by atoms with E-state index in [9.17, 15) is 9.59 Å². The van der Waals surface area contributed by atoms with E-state index < -0.39 is 6.04 Å². The number of nitrogens with one attached hydrogen (secondary N) is 1. The van der Waals surface area contributed by atoms with Crippen LogP contribution in [0, 0.1) is 0 Å². The van der Waals surface area contributed by atoms with E-state index in [2.05, 4.69) is 52.4 Å². The van der Waals surface area contributed by atoms with Crippen LogP contribution in [-0.4, -0.2) is 29.3 Å². The lowest BCUT2D eigenvalue weighted by Gasteiger charge is -2.30. The Hall–Kier alpha value is -2.92. The minimum absolute atomic E-state index is 0.0428. The zero-order chi connectivity index (χ0) is 24.3. The number of amides is 2. The van der Waals surface area contributed by atoms with Crippen molar-refractivity contribution in [2.24, 2.45) is 0 Å². The van der Waals surface area contributed by atoms with Gasteiger partial charge in [-0.1, -0.05) is 102 Å². The van der Waals surface area contributed by atoms with E-state index in [1.165, 1.54) is 0 Å². The Morgan fingerprint density at radius 2 is 1.44 bits per heavy atom. The Labute approximate surface area is 211 Å². The molecule has 3 aromatic rings. The standard InChI is InChI=1S/C29H33BrN2O2/c1-3-4-19-31-29(34)22(2)32(21-23-15-17-26(30)18-16-23)28(33)20-27(24-11-7-5-8-12-24)25-13-9-6-10-14-25/h5-18,22,27H,3-4,19-21H2,1-2H3,(H,31,34). The van der Waals surface area contributed by atoms with Crippen LogP contribution in [0.15, 0.2) is 89.4 Å². The van der Waals surface area contributed by atoms with Crippen molar-refractivity contribution in [3.05, 3.63) is 106 Å². The molecule has 1 atom stereocenters. The Balaban J connectivity index is 1.87. The average Bonchev–Trinajstić information content (AvgIpc) is 2.87. The molecule has 0 saturated carbocycles. The fraction of sp³-hybridized carbons (Fsp3) is 0.310. The first-order valence-corrected chi connectivity index (χ1v) is 12.7. The second kappa shape index (κ2) is 13.1. The monoisotopic (exact) mass is 520 g/mol. The normalized spacial score (nSPS) is 11.8. The van der Waals surface area contributed by atoms with Crippen LogP contribution in [0.2, 0.25) is 0 Å². The van der Waals surface area contributed by atoms with E-state index in [1.807, 2.05) is 67.6 Å². The summed E-state index contributed by atoms with van der Waals surface area (Å²) >= 11 is 3.47. The summed E-state index contributed by atoms with van der Waals surface area (Å²) in [6.07, 6.45) is 2.21. The highest BCUT2D eigenvalue weighted by Crippen LogP contribution is 2.29. The van der Waals surface area contributed by atoms with Gasteiger partial charge >= 0.3 is 0 Å². The molecule has 0 heterocycles. The molecule has 5 heteroatoms. The quantitative estimate of drug-likeness (QED) is 0.301. The minimum atomic E-state index is -0.569. The number of hydrogen-bond donors (Lipinski definition) is 1. The van der Waals surface area contributed by atoms with Crippen LogP contribution in [0.3, 0.4) is 0 Å². The summed E-state index contributed by atoms with van der Waals surface area (Å²) < 4.78 is 0.979. The highest BCUT2D eigenvalue weighted by Gasteiger charge is 2.28. The van der Waals surface area contributed by atoms with Gasteiger partial charge in [0.1, 0.15) is 6.04 Å². The largest absolute Gasteiger partial charge is 0.354 e. The van der Waals surface area contributed by atoms with Crippen molar-refractivity contribution in [2.75, 3.05) is 6.54 Å². The lowest BCUT2D eigenvalue weighted by molar-refractivity contribution is -0.140. The summed E-state index contributed by atoms with van der Waals surface area (Å²) in [5.74, 6) is -0.244. The summed E-state index contributed by atoms with van der Waals surface area (Å²) in [6.45, 7) is 4.91. The molecule has 0 saturated heterocycles. The molecular weight excluding hydrogens is 488 g/mol. The zero-order valence-corrected chi connectivity index (χ0v) is 21.5. The van der Waals surface area contributed by atoms with Gasteiger partial charge in [0.15, 0.2) is 0 Å². The first kappa shape index (κ1) is 25.7. The Morgan fingerprint density at radius 3 is 1.97 bits per heavy atom. The summed E-state index contributed by atoms with van der Waals surface area (Å²) in [5.41, 5.74) is 3.16. The number of hydrogen-bond acceptors (Lipinski definition) is 2. The Bertz CT molecular complexity index is 999. The maximum atomic E-state index is 13.8. The number of halogens is 1. The highest BCUT2D eigenvalue weighted by atomic mass is 79.9. The van der Waals surface area contributed by atoms with Crippen LogP contribution in [-0.2, 0) is 16.1 Å². The molecular formula is C29H33BrN2O2. The number of rotatable bonds is 11. The van der Waals surface area contributed by atoms with Crippen LogP contribution in [0.4, 0.5) is 0 Å². The van der Waals surface area contributed by atoms with E-state index in [0.29, 0.717) is 13.1 Å². The maximum Gasteiger partial charge on any atom is 0.242 e. The van der Waals surface area contributed by atoms with Gasteiger partial charge in [0, 0.05) is 29.9 Å². The molecule has 0 bridgehead atoms. The van der Waals surface area contributed by atoms with Crippen molar-refractivity contribution in [3.63, 3.8) is 0 Å². The van der Waals surface area contributed by atoms with Crippen molar-refractivity contribution < 1.29 is 9.59 Å². The number of carbonyl (C=O) groups is 2. The number of unbranched alkanes of at least 4 members (excludes halogenated alkanes) is 1. The fourth-order valence-electron chi connectivity index (χ4n) is 4.00. The van der Waals surface area contributed by atoms with Gasteiger partial charge in [-0.25, -0.2) is 0 Å². The van der Waals surface area contributed by atoms with Crippen molar-refractivity contribution >= 4 is 27.7 Å². The lowest BCUT2D eigenvalue weighted by Crippen LogP contribution is -2.48. The molecule has 0 aliphatic carbocycles. The van der Waals surface area contributed by atoms with Crippen LogP contribution in [0.25, 0.3) is 0 Å². The van der Waals surface area contributed by atoms with Gasteiger partial charge in [0.2, 0.25) is 11.8 Å². The third-order valence-corrected chi connectivity index (χ3v) is 6.57. The predicted molar refractivity (Wildman–Crippen MR) is 141 cm³/mol. The lowest BCUT2D eigenvalue weighted by atomic mass is 9.88. The second-order valence-corrected chi connectivity index (χ2v) is 9.46. The number of benzene rings is 3. The van der Waals surface area contributed by atoms with Crippen molar-refractivity contribution in [1.29, 1.82) is 0 Å². The SMILES string of the molecule is CCCCNC(=O)C(C)N(Cc1ccc(Br)cc1)C(=O)CC(c1ccccc1)c1ccccc1. The van der Waals surface area contributed by atoms with E-state index in [1.54, 1.807) is 4.90 Å². The van der Waals surface area contributed by atoms with Crippen LogP contribution < -0.4 is 5.32 Å². The van der Waals surface area contributed by atoms with Gasteiger partial charge in [-0.2, -0.15) is 0 Å². The fourth-order valence-corrected chi connectivity index (χ4v) is 4.26. The van der Waals surface area contributed by atoms with Gasteiger partial charge in [0.25, 0.3) is 0 Å². The molecule has 2 amide bonds. The first-order valence-electron chi connectivity index (χ1n) is 11.9. The van der Waals surface area contributed by atoms with Gasteiger partial charge in [-0.3, -0.25) is 9.59 Å². The molecule has 4 nitrogen and oxygen atoms in total. The van der Waals surface area contributed by atoms with Crippen molar-refractivity contribution in [2.45, 2.75) is 51.6 Å². The Kier molecular flexibility index (Phi) is 9.89. The molecule has 0 aliphatic heterocycles. The molecule has 34 heavy (non-hydrogen) atoms. The average molecular weight is 521 g/mol. The molecule has 1 unspecified atom stereocenters. The third-order valence-electron chi connectivity index (χ3n) is 6.05. The second-order valence-electron chi connectivity index (χ2n) is 8.55. The molecule has 0 fully saturated rings. The topological polar surface area (TPSA) is 49.4 Å². The summed E-state index contributed by atoms with van der Waals surface area (Å²) in [6, 6.07) is 27.5. The molecule has 0 aromatic heterocycles. The first-order chi connectivity index (χ1) is 16.5. The highest BCUT2D eigenvalue weighted by molar-refractivity contribution is 9.10. The van der Waals surface area contributed by atoms with E-state index >= 15 is 0 Å². The molecule has 0 aliphatic rings. The number of carbonyl (C=O) groups excluding carboxylic acids is 2. The van der Waals surface area contributed by atoms with Gasteiger partial charge in [-0.15, -0.1) is 0 Å². The number of nitrogens with zero attached hydrogens (tertiary/aromatic N) is 1.